The Hall–Kier alpha value is -2.26. The van der Waals surface area contributed by atoms with Gasteiger partial charge in [0.1, 0.15) is 0 Å². The summed E-state index contributed by atoms with van der Waals surface area (Å²) in [5.74, 6) is -0.649. The fourth-order valence-corrected chi connectivity index (χ4v) is 3.44. The summed E-state index contributed by atoms with van der Waals surface area (Å²) in [6, 6.07) is 6.64. The third-order valence-electron chi connectivity index (χ3n) is 3.69. The predicted octanol–water partition coefficient (Wildman–Crippen LogP) is 1.94. The number of carbonyl (C=O) groups excluding carboxylic acids is 1. The molecule has 0 unspecified atom stereocenters. The molecule has 1 aromatic carbocycles. The van der Waals surface area contributed by atoms with Crippen LogP contribution in [0.25, 0.3) is 0 Å². The number of rotatable bonds is 10. The first-order valence-corrected chi connectivity index (χ1v) is 10.4. The zero-order valence-electron chi connectivity index (χ0n) is 15.8. The summed E-state index contributed by atoms with van der Waals surface area (Å²) < 4.78 is 35.0. The van der Waals surface area contributed by atoms with Crippen molar-refractivity contribution in [1.82, 2.24) is 15.5 Å². The highest BCUT2D eigenvalue weighted by atomic mass is 32.2. The van der Waals surface area contributed by atoms with Crippen molar-refractivity contribution in [3.05, 3.63) is 41.5 Å². The number of sulfone groups is 1. The second-order valence-corrected chi connectivity index (χ2v) is 8.54. The lowest BCUT2D eigenvalue weighted by molar-refractivity contribution is 0.0751. The van der Waals surface area contributed by atoms with Gasteiger partial charge in [-0.2, -0.15) is 4.98 Å². The lowest BCUT2D eigenvalue weighted by Crippen LogP contribution is -2.26. The highest BCUT2D eigenvalue weighted by molar-refractivity contribution is 7.91. The fraction of sp³-hybridized carbons (Fsp3) is 0.500. The van der Waals surface area contributed by atoms with E-state index in [1.54, 1.807) is 24.3 Å². The summed E-state index contributed by atoms with van der Waals surface area (Å²) in [6.07, 6.45) is 0.880. The quantitative estimate of drug-likeness (QED) is 0.612. The number of hydrogen-bond acceptors (Lipinski definition) is 7. The molecule has 2 aromatic rings. The minimum Gasteiger partial charge on any atom is -0.379 e. The minimum absolute atomic E-state index is 0.0647. The van der Waals surface area contributed by atoms with Gasteiger partial charge < -0.3 is 14.6 Å². The van der Waals surface area contributed by atoms with Gasteiger partial charge in [-0.15, -0.1) is 0 Å². The molecule has 0 spiro atoms. The number of amides is 1. The molecule has 0 atom stereocenters. The van der Waals surface area contributed by atoms with E-state index in [1.807, 2.05) is 20.8 Å². The van der Waals surface area contributed by atoms with Crippen LogP contribution in [0.1, 0.15) is 42.3 Å². The molecule has 0 fully saturated rings. The van der Waals surface area contributed by atoms with Crippen molar-refractivity contribution in [1.29, 1.82) is 0 Å². The van der Waals surface area contributed by atoms with Crippen LogP contribution >= 0.6 is 0 Å². The molecule has 0 aliphatic carbocycles. The van der Waals surface area contributed by atoms with Crippen LogP contribution in [0.5, 0.6) is 0 Å². The first-order valence-electron chi connectivity index (χ1n) is 8.80. The Bertz CT molecular complexity index is 844. The molecule has 0 saturated carbocycles. The Kier molecular flexibility index (Phi) is 7.49. The molecule has 0 bridgehead atoms. The van der Waals surface area contributed by atoms with Crippen molar-refractivity contribution in [2.45, 2.75) is 44.6 Å². The van der Waals surface area contributed by atoms with Gasteiger partial charge >= 0.3 is 11.8 Å². The largest absolute Gasteiger partial charge is 0.379 e. The summed E-state index contributed by atoms with van der Waals surface area (Å²) >= 11 is 0. The smallest absolute Gasteiger partial charge is 0.315 e. The maximum atomic E-state index is 12.3. The maximum Gasteiger partial charge on any atom is 0.315 e. The van der Waals surface area contributed by atoms with Crippen LogP contribution in [0.3, 0.4) is 0 Å². The van der Waals surface area contributed by atoms with E-state index in [-0.39, 0.29) is 34.9 Å². The molecule has 148 valence electrons. The van der Waals surface area contributed by atoms with Gasteiger partial charge in [-0.1, -0.05) is 22.9 Å². The average Bonchev–Trinajstić information content (AvgIpc) is 3.09. The first-order chi connectivity index (χ1) is 12.8. The highest BCUT2D eigenvalue weighted by Gasteiger charge is 2.18. The van der Waals surface area contributed by atoms with Crippen LogP contribution in [0.4, 0.5) is 0 Å². The SMILES string of the molecule is Cc1ccc(S(=O)(=O)CCc2noc(C(=O)NCCCOC(C)C)n2)cc1. The minimum atomic E-state index is -3.45. The summed E-state index contributed by atoms with van der Waals surface area (Å²) in [5.41, 5.74) is 0.985. The Labute approximate surface area is 159 Å². The molecule has 0 aliphatic rings. The molecular weight excluding hydrogens is 370 g/mol. The van der Waals surface area contributed by atoms with Gasteiger partial charge in [0.15, 0.2) is 15.7 Å². The number of benzene rings is 1. The van der Waals surface area contributed by atoms with Crippen molar-refractivity contribution in [2.75, 3.05) is 18.9 Å². The van der Waals surface area contributed by atoms with Crippen LogP contribution in [-0.4, -0.2) is 49.5 Å². The van der Waals surface area contributed by atoms with E-state index in [0.717, 1.165) is 5.56 Å². The Morgan fingerprint density at radius 3 is 2.63 bits per heavy atom. The van der Waals surface area contributed by atoms with E-state index in [2.05, 4.69) is 15.5 Å². The van der Waals surface area contributed by atoms with Gasteiger partial charge in [0.05, 0.1) is 16.8 Å². The number of ether oxygens (including phenoxy) is 1. The number of nitrogens with one attached hydrogen (secondary N) is 1. The molecular formula is C18H25N3O5S. The molecule has 9 heteroatoms. The molecule has 2 rings (SSSR count). The van der Waals surface area contributed by atoms with Crippen molar-refractivity contribution in [2.24, 2.45) is 0 Å². The fourth-order valence-electron chi connectivity index (χ4n) is 2.21. The standard InChI is InChI=1S/C18H25N3O5S/c1-13(2)25-11-4-10-19-17(22)18-20-16(21-26-18)9-12-27(23,24)15-7-5-14(3)6-8-15/h5-8,13H,4,9-12H2,1-3H3,(H,19,22). The number of carbonyl (C=O) groups is 1. The summed E-state index contributed by atoms with van der Waals surface area (Å²) in [5, 5.41) is 6.34. The molecule has 8 nitrogen and oxygen atoms in total. The second kappa shape index (κ2) is 9.61. The Morgan fingerprint density at radius 1 is 1.26 bits per heavy atom. The molecule has 27 heavy (non-hydrogen) atoms. The topological polar surface area (TPSA) is 111 Å². The van der Waals surface area contributed by atoms with E-state index in [9.17, 15) is 13.2 Å². The molecule has 1 N–H and O–H groups in total. The van der Waals surface area contributed by atoms with E-state index in [1.165, 1.54) is 0 Å². The van der Waals surface area contributed by atoms with Crippen molar-refractivity contribution in [3.63, 3.8) is 0 Å². The third-order valence-corrected chi connectivity index (χ3v) is 5.43. The highest BCUT2D eigenvalue weighted by Crippen LogP contribution is 2.13. The van der Waals surface area contributed by atoms with Crippen molar-refractivity contribution in [3.8, 4) is 0 Å². The molecule has 0 aliphatic heterocycles. The van der Waals surface area contributed by atoms with E-state index in [4.69, 9.17) is 9.26 Å². The monoisotopic (exact) mass is 395 g/mol. The Morgan fingerprint density at radius 2 is 1.96 bits per heavy atom. The van der Waals surface area contributed by atoms with Gasteiger partial charge in [-0.05, 0) is 39.3 Å². The molecule has 0 saturated heterocycles. The van der Waals surface area contributed by atoms with Crippen LogP contribution in [0, 0.1) is 6.92 Å². The number of aryl methyl sites for hydroxylation is 2. The van der Waals surface area contributed by atoms with Crippen molar-refractivity contribution < 1.29 is 22.5 Å². The van der Waals surface area contributed by atoms with Crippen LogP contribution in [0.15, 0.2) is 33.7 Å². The van der Waals surface area contributed by atoms with Crippen LogP contribution < -0.4 is 5.32 Å². The first kappa shape index (κ1) is 21.0. The maximum absolute atomic E-state index is 12.3. The lowest BCUT2D eigenvalue weighted by atomic mass is 10.2. The van der Waals surface area contributed by atoms with Gasteiger partial charge in [-0.25, -0.2) is 8.42 Å². The van der Waals surface area contributed by atoms with E-state index < -0.39 is 15.7 Å². The number of nitrogens with zero attached hydrogens (tertiary/aromatic N) is 2. The summed E-state index contributed by atoms with van der Waals surface area (Å²) in [6.45, 7) is 6.74. The molecule has 1 aromatic heterocycles. The zero-order chi connectivity index (χ0) is 19.9. The summed E-state index contributed by atoms with van der Waals surface area (Å²) in [4.78, 5) is 16.2. The Balaban J connectivity index is 1.83. The van der Waals surface area contributed by atoms with Gasteiger partial charge in [0.25, 0.3) is 0 Å². The normalized spacial score (nSPS) is 11.7. The van der Waals surface area contributed by atoms with E-state index in [0.29, 0.717) is 19.6 Å². The molecule has 0 radical (unpaired) electrons. The number of aromatic nitrogens is 2. The summed E-state index contributed by atoms with van der Waals surface area (Å²) in [7, 11) is -3.45. The van der Waals surface area contributed by atoms with Gasteiger partial charge in [-0.3, -0.25) is 4.79 Å². The lowest BCUT2D eigenvalue weighted by Gasteiger charge is -2.06. The average molecular weight is 395 g/mol. The molecule has 1 amide bonds. The number of hydrogen-bond donors (Lipinski definition) is 1. The van der Waals surface area contributed by atoms with Crippen LogP contribution in [-0.2, 0) is 21.0 Å². The molecule has 1 heterocycles. The van der Waals surface area contributed by atoms with Gasteiger partial charge in [0, 0.05) is 19.6 Å². The third kappa shape index (κ3) is 6.76. The van der Waals surface area contributed by atoms with Crippen LogP contribution in [0.2, 0.25) is 0 Å². The zero-order valence-corrected chi connectivity index (χ0v) is 16.6. The second-order valence-electron chi connectivity index (χ2n) is 6.43. The van der Waals surface area contributed by atoms with Crippen molar-refractivity contribution >= 4 is 15.7 Å². The predicted molar refractivity (Wildman–Crippen MR) is 99.3 cm³/mol. The van der Waals surface area contributed by atoms with Gasteiger partial charge in [0.2, 0.25) is 0 Å². The van der Waals surface area contributed by atoms with E-state index >= 15 is 0 Å².